The molecule has 94 valence electrons. The van der Waals surface area contributed by atoms with Crippen molar-refractivity contribution in [1.29, 1.82) is 0 Å². The molecule has 5 heteroatoms. The van der Waals surface area contributed by atoms with Gasteiger partial charge in [-0.3, -0.25) is 0 Å². The third kappa shape index (κ3) is 2.13. The molecule has 1 atom stereocenters. The second-order valence-corrected chi connectivity index (χ2v) is 4.44. The van der Waals surface area contributed by atoms with Gasteiger partial charge in [0.15, 0.2) is 0 Å². The standard InChI is InChI=1S/C13H14FN3O/c14-10-6-2-1-5-9(10)12-16-13(18-17-12)11-7-3-4-8-15-11/h1-2,5-6,11,15H,3-4,7-8H2. The molecule has 1 fully saturated rings. The van der Waals surface area contributed by atoms with Gasteiger partial charge in [-0.2, -0.15) is 4.98 Å². The Morgan fingerprint density at radius 1 is 1.28 bits per heavy atom. The molecule has 1 aromatic carbocycles. The third-order valence-corrected chi connectivity index (χ3v) is 3.16. The normalized spacial score (nSPS) is 19.9. The molecular formula is C13H14FN3O. The first-order chi connectivity index (χ1) is 8.84. The van der Waals surface area contributed by atoms with E-state index in [4.69, 9.17) is 4.52 Å². The number of halogens is 1. The molecule has 1 aliphatic rings. The molecule has 0 saturated carbocycles. The lowest BCUT2D eigenvalue weighted by molar-refractivity contribution is 0.297. The van der Waals surface area contributed by atoms with Crippen LogP contribution < -0.4 is 5.32 Å². The van der Waals surface area contributed by atoms with Gasteiger partial charge in [0.2, 0.25) is 11.7 Å². The van der Waals surface area contributed by atoms with Crippen molar-refractivity contribution in [1.82, 2.24) is 15.5 Å². The summed E-state index contributed by atoms with van der Waals surface area (Å²) in [6.07, 6.45) is 3.30. The maximum Gasteiger partial charge on any atom is 0.244 e. The molecule has 1 aromatic heterocycles. The lowest BCUT2D eigenvalue weighted by atomic mass is 10.1. The van der Waals surface area contributed by atoms with Gasteiger partial charge in [0.05, 0.1) is 11.6 Å². The highest BCUT2D eigenvalue weighted by Crippen LogP contribution is 2.25. The SMILES string of the molecule is Fc1ccccc1-c1noc(C2CCCCN2)n1. The number of hydrogen-bond acceptors (Lipinski definition) is 4. The minimum Gasteiger partial charge on any atom is -0.337 e. The van der Waals surface area contributed by atoms with Crippen LogP contribution in [0.3, 0.4) is 0 Å². The lowest BCUT2D eigenvalue weighted by Gasteiger charge is -2.19. The molecular weight excluding hydrogens is 233 g/mol. The largest absolute Gasteiger partial charge is 0.337 e. The van der Waals surface area contributed by atoms with Gasteiger partial charge < -0.3 is 9.84 Å². The van der Waals surface area contributed by atoms with Crippen molar-refractivity contribution in [3.8, 4) is 11.4 Å². The van der Waals surface area contributed by atoms with Crippen molar-refractivity contribution in [2.75, 3.05) is 6.54 Å². The van der Waals surface area contributed by atoms with E-state index in [1.165, 1.54) is 12.5 Å². The number of nitrogens with one attached hydrogen (secondary N) is 1. The zero-order valence-corrected chi connectivity index (χ0v) is 9.90. The van der Waals surface area contributed by atoms with E-state index in [1.54, 1.807) is 18.2 Å². The van der Waals surface area contributed by atoms with E-state index in [0.717, 1.165) is 19.4 Å². The van der Waals surface area contributed by atoms with Gasteiger partial charge in [-0.05, 0) is 31.5 Å². The van der Waals surface area contributed by atoms with Gasteiger partial charge in [0, 0.05) is 0 Å². The number of nitrogens with zero attached hydrogens (tertiary/aromatic N) is 2. The van der Waals surface area contributed by atoms with E-state index in [2.05, 4.69) is 15.5 Å². The minimum atomic E-state index is -0.332. The molecule has 0 spiro atoms. The van der Waals surface area contributed by atoms with Crippen LogP contribution in [0.5, 0.6) is 0 Å². The van der Waals surface area contributed by atoms with Gasteiger partial charge in [-0.25, -0.2) is 4.39 Å². The molecule has 0 radical (unpaired) electrons. The molecule has 0 aliphatic carbocycles. The van der Waals surface area contributed by atoms with Gasteiger partial charge in [0.1, 0.15) is 5.82 Å². The number of aromatic nitrogens is 2. The molecule has 1 unspecified atom stereocenters. The molecule has 4 nitrogen and oxygen atoms in total. The quantitative estimate of drug-likeness (QED) is 0.886. The van der Waals surface area contributed by atoms with E-state index in [0.29, 0.717) is 17.3 Å². The molecule has 0 amide bonds. The molecule has 3 rings (SSSR count). The van der Waals surface area contributed by atoms with Gasteiger partial charge in [-0.15, -0.1) is 0 Å². The molecule has 1 aliphatic heterocycles. The van der Waals surface area contributed by atoms with E-state index in [-0.39, 0.29) is 11.9 Å². The summed E-state index contributed by atoms with van der Waals surface area (Å²) in [4.78, 5) is 4.28. The van der Waals surface area contributed by atoms with E-state index >= 15 is 0 Å². The van der Waals surface area contributed by atoms with E-state index in [9.17, 15) is 4.39 Å². The summed E-state index contributed by atoms with van der Waals surface area (Å²) in [6.45, 7) is 0.960. The highest BCUT2D eigenvalue weighted by molar-refractivity contribution is 5.54. The molecule has 1 N–H and O–H groups in total. The summed E-state index contributed by atoms with van der Waals surface area (Å²) in [7, 11) is 0. The predicted molar refractivity (Wildman–Crippen MR) is 64.3 cm³/mol. The average Bonchev–Trinajstić information content (AvgIpc) is 2.90. The van der Waals surface area contributed by atoms with Crippen LogP contribution in [0.15, 0.2) is 28.8 Å². The maximum absolute atomic E-state index is 13.6. The number of benzene rings is 1. The Morgan fingerprint density at radius 3 is 2.94 bits per heavy atom. The molecule has 0 bridgehead atoms. The van der Waals surface area contributed by atoms with E-state index in [1.807, 2.05) is 0 Å². The summed E-state index contributed by atoms with van der Waals surface area (Å²) in [5.41, 5.74) is 0.378. The Kier molecular flexibility index (Phi) is 3.06. The van der Waals surface area contributed by atoms with Gasteiger partial charge in [0.25, 0.3) is 0 Å². The van der Waals surface area contributed by atoms with Crippen molar-refractivity contribution < 1.29 is 8.91 Å². The van der Waals surface area contributed by atoms with Crippen LogP contribution in [0.1, 0.15) is 31.2 Å². The number of piperidine rings is 1. The van der Waals surface area contributed by atoms with Crippen molar-refractivity contribution in [3.05, 3.63) is 36.0 Å². The zero-order valence-electron chi connectivity index (χ0n) is 9.90. The maximum atomic E-state index is 13.6. The van der Waals surface area contributed by atoms with Crippen LogP contribution in [-0.4, -0.2) is 16.7 Å². The molecule has 18 heavy (non-hydrogen) atoms. The van der Waals surface area contributed by atoms with Crippen LogP contribution >= 0.6 is 0 Å². The van der Waals surface area contributed by atoms with Crippen molar-refractivity contribution in [3.63, 3.8) is 0 Å². The Hall–Kier alpha value is -1.75. The second-order valence-electron chi connectivity index (χ2n) is 4.44. The Labute approximate surface area is 104 Å². The van der Waals surface area contributed by atoms with Crippen LogP contribution in [0, 0.1) is 5.82 Å². The average molecular weight is 247 g/mol. The first-order valence-electron chi connectivity index (χ1n) is 6.16. The Balaban J connectivity index is 1.87. The van der Waals surface area contributed by atoms with Gasteiger partial charge >= 0.3 is 0 Å². The fourth-order valence-electron chi connectivity index (χ4n) is 2.19. The minimum absolute atomic E-state index is 0.103. The van der Waals surface area contributed by atoms with E-state index < -0.39 is 0 Å². The van der Waals surface area contributed by atoms with Crippen LogP contribution in [-0.2, 0) is 0 Å². The van der Waals surface area contributed by atoms with Crippen LogP contribution in [0.4, 0.5) is 4.39 Å². The second kappa shape index (κ2) is 4.86. The number of rotatable bonds is 2. The van der Waals surface area contributed by atoms with Crippen molar-refractivity contribution in [2.45, 2.75) is 25.3 Å². The van der Waals surface area contributed by atoms with Gasteiger partial charge in [-0.1, -0.05) is 23.7 Å². The summed E-state index contributed by atoms with van der Waals surface area (Å²) < 4.78 is 18.8. The molecule has 2 aromatic rings. The third-order valence-electron chi connectivity index (χ3n) is 3.16. The predicted octanol–water partition coefficient (Wildman–Crippen LogP) is 2.69. The summed E-state index contributed by atoms with van der Waals surface area (Å²) in [5, 5.41) is 7.18. The molecule has 2 heterocycles. The zero-order chi connectivity index (χ0) is 12.4. The fourth-order valence-corrected chi connectivity index (χ4v) is 2.19. The lowest BCUT2D eigenvalue weighted by Crippen LogP contribution is -2.26. The summed E-state index contributed by atoms with van der Waals surface area (Å²) in [6, 6.07) is 6.55. The monoisotopic (exact) mass is 247 g/mol. The topological polar surface area (TPSA) is 51.0 Å². The Bertz CT molecular complexity index is 535. The smallest absolute Gasteiger partial charge is 0.244 e. The van der Waals surface area contributed by atoms with Crippen LogP contribution in [0.25, 0.3) is 11.4 Å². The highest BCUT2D eigenvalue weighted by atomic mass is 19.1. The molecule has 1 saturated heterocycles. The first kappa shape index (κ1) is 11.3. The van der Waals surface area contributed by atoms with Crippen molar-refractivity contribution in [2.24, 2.45) is 0 Å². The summed E-state index contributed by atoms with van der Waals surface area (Å²) in [5.74, 6) is 0.532. The van der Waals surface area contributed by atoms with Crippen molar-refractivity contribution >= 4 is 0 Å². The van der Waals surface area contributed by atoms with Crippen LogP contribution in [0.2, 0.25) is 0 Å². The first-order valence-corrected chi connectivity index (χ1v) is 6.16. The highest BCUT2D eigenvalue weighted by Gasteiger charge is 2.22. The Morgan fingerprint density at radius 2 is 2.17 bits per heavy atom. The number of hydrogen-bond donors (Lipinski definition) is 1. The fraction of sp³-hybridized carbons (Fsp3) is 0.385. The summed E-state index contributed by atoms with van der Waals surface area (Å²) >= 11 is 0.